The molecule has 0 bridgehead atoms. The third-order valence-corrected chi connectivity index (χ3v) is 12.9. The molecule has 0 aromatic heterocycles. The van der Waals surface area contributed by atoms with Crippen LogP contribution in [0.2, 0.25) is 0 Å². The van der Waals surface area contributed by atoms with Gasteiger partial charge in [0.1, 0.15) is 13.2 Å². The van der Waals surface area contributed by atoms with Crippen molar-refractivity contribution < 1.29 is 28.6 Å². The first-order valence-electron chi connectivity index (χ1n) is 28.0. The van der Waals surface area contributed by atoms with Gasteiger partial charge in [0.2, 0.25) is 0 Å². The second-order valence-electron chi connectivity index (χ2n) is 19.2. The first-order chi connectivity index (χ1) is 30.5. The average Bonchev–Trinajstić information content (AvgIpc) is 3.27. The summed E-state index contributed by atoms with van der Waals surface area (Å²) < 4.78 is 16.8. The largest absolute Gasteiger partial charge is 0.462 e. The van der Waals surface area contributed by atoms with Crippen LogP contribution in [0, 0.1) is 0 Å². The molecule has 0 aromatic rings. The Morgan fingerprint density at radius 3 is 0.645 bits per heavy atom. The van der Waals surface area contributed by atoms with Crippen LogP contribution in [-0.2, 0) is 28.6 Å². The van der Waals surface area contributed by atoms with Crippen molar-refractivity contribution in [1.29, 1.82) is 0 Å². The fraction of sp³-hybridized carbons (Fsp3) is 0.946. The quantitative estimate of drug-likeness (QED) is 0.0344. The monoisotopic (exact) mass is 877 g/mol. The molecule has 6 nitrogen and oxygen atoms in total. The lowest BCUT2D eigenvalue weighted by molar-refractivity contribution is -0.167. The fourth-order valence-electron chi connectivity index (χ4n) is 8.62. The Morgan fingerprint density at radius 1 is 0.258 bits per heavy atom. The van der Waals surface area contributed by atoms with E-state index in [-0.39, 0.29) is 31.1 Å². The molecule has 0 unspecified atom stereocenters. The van der Waals surface area contributed by atoms with Gasteiger partial charge in [0.25, 0.3) is 0 Å². The molecule has 0 rings (SSSR count). The van der Waals surface area contributed by atoms with Gasteiger partial charge in [-0.2, -0.15) is 0 Å². The van der Waals surface area contributed by atoms with Crippen LogP contribution in [0.4, 0.5) is 0 Å². The highest BCUT2D eigenvalue weighted by molar-refractivity contribution is 5.71. The number of ether oxygens (including phenoxy) is 3. The second-order valence-corrected chi connectivity index (χ2v) is 19.2. The summed E-state index contributed by atoms with van der Waals surface area (Å²) in [6, 6.07) is 0. The van der Waals surface area contributed by atoms with Gasteiger partial charge >= 0.3 is 17.9 Å². The van der Waals surface area contributed by atoms with E-state index in [0.29, 0.717) is 19.3 Å². The molecule has 1 atom stereocenters. The molecule has 0 saturated carbocycles. The van der Waals surface area contributed by atoms with Crippen molar-refractivity contribution in [2.24, 2.45) is 0 Å². The van der Waals surface area contributed by atoms with Gasteiger partial charge in [0, 0.05) is 19.3 Å². The Balaban J connectivity index is 4.24. The third-order valence-electron chi connectivity index (χ3n) is 12.9. The summed E-state index contributed by atoms with van der Waals surface area (Å²) in [5.74, 6) is -0.837. The van der Waals surface area contributed by atoms with Gasteiger partial charge in [-0.15, -0.1) is 0 Å². The Kier molecular flexibility index (Phi) is 50.7. The molecule has 62 heavy (non-hydrogen) atoms. The van der Waals surface area contributed by atoms with Crippen LogP contribution in [0.15, 0.2) is 0 Å². The number of esters is 3. The van der Waals surface area contributed by atoms with Crippen LogP contribution in [-0.4, -0.2) is 37.2 Å². The van der Waals surface area contributed by atoms with E-state index in [1.807, 2.05) is 0 Å². The van der Waals surface area contributed by atoms with E-state index in [4.69, 9.17) is 14.2 Å². The summed E-state index contributed by atoms with van der Waals surface area (Å²) in [6.45, 7) is 6.69. The molecular weight excluding hydrogens is 769 g/mol. The first-order valence-corrected chi connectivity index (χ1v) is 28.0. The van der Waals surface area contributed by atoms with E-state index in [9.17, 15) is 14.4 Å². The van der Waals surface area contributed by atoms with Crippen LogP contribution in [0.3, 0.4) is 0 Å². The zero-order valence-electron chi connectivity index (χ0n) is 42.2. The Morgan fingerprint density at radius 2 is 0.435 bits per heavy atom. The van der Waals surface area contributed by atoms with Gasteiger partial charge in [0.15, 0.2) is 6.10 Å². The highest BCUT2D eigenvalue weighted by Crippen LogP contribution is 2.17. The Hall–Kier alpha value is -1.59. The summed E-state index contributed by atoms with van der Waals surface area (Å²) in [5, 5.41) is 0. The predicted molar refractivity (Wildman–Crippen MR) is 266 cm³/mol. The van der Waals surface area contributed by atoms with Gasteiger partial charge in [-0.1, -0.05) is 284 Å². The zero-order chi connectivity index (χ0) is 45.1. The van der Waals surface area contributed by atoms with Gasteiger partial charge in [-0.3, -0.25) is 14.4 Å². The van der Waals surface area contributed by atoms with E-state index in [2.05, 4.69) is 20.8 Å². The minimum atomic E-state index is -0.760. The molecule has 0 heterocycles. The highest BCUT2D eigenvalue weighted by atomic mass is 16.6. The maximum absolute atomic E-state index is 12.8. The number of hydrogen-bond donors (Lipinski definition) is 0. The van der Waals surface area contributed by atoms with E-state index < -0.39 is 6.10 Å². The number of carbonyl (C=O) groups is 3. The van der Waals surface area contributed by atoms with Crippen molar-refractivity contribution >= 4 is 17.9 Å². The lowest BCUT2D eigenvalue weighted by atomic mass is 10.0. The van der Waals surface area contributed by atoms with Crippen molar-refractivity contribution in [3.05, 3.63) is 0 Å². The first kappa shape index (κ1) is 60.4. The van der Waals surface area contributed by atoms with Crippen molar-refractivity contribution in [2.45, 2.75) is 329 Å². The van der Waals surface area contributed by atoms with Crippen molar-refractivity contribution in [3.63, 3.8) is 0 Å². The number of carbonyl (C=O) groups excluding carboxylic acids is 3. The van der Waals surface area contributed by atoms with Crippen LogP contribution in [0.1, 0.15) is 323 Å². The van der Waals surface area contributed by atoms with E-state index >= 15 is 0 Å². The average molecular weight is 877 g/mol. The Bertz CT molecular complexity index is 920. The van der Waals surface area contributed by atoms with Crippen molar-refractivity contribution in [2.75, 3.05) is 13.2 Å². The van der Waals surface area contributed by atoms with E-state index in [1.165, 1.54) is 225 Å². The molecule has 0 fully saturated rings. The van der Waals surface area contributed by atoms with Gasteiger partial charge in [0.05, 0.1) is 0 Å². The predicted octanol–water partition coefficient (Wildman–Crippen LogP) is 18.4. The summed E-state index contributed by atoms with van der Waals surface area (Å²) >= 11 is 0. The van der Waals surface area contributed by atoms with Gasteiger partial charge in [-0.05, 0) is 19.3 Å². The molecule has 0 N–H and O–H groups in total. The molecule has 0 aliphatic carbocycles. The standard InChI is InChI=1S/C56H108O6/c1-4-7-10-13-16-19-22-24-26-28-29-31-33-35-38-41-44-47-50-56(59)62-53(51-60-54(57)48-45-42-39-36-21-18-15-12-9-6-3)52-61-55(58)49-46-43-40-37-34-32-30-27-25-23-20-17-14-11-8-5-2/h53H,4-52H2,1-3H3/t53-/m0/s1. The lowest BCUT2D eigenvalue weighted by Gasteiger charge is -2.18. The molecule has 368 valence electrons. The topological polar surface area (TPSA) is 78.9 Å². The fourth-order valence-corrected chi connectivity index (χ4v) is 8.62. The lowest BCUT2D eigenvalue weighted by Crippen LogP contribution is -2.30. The summed E-state index contributed by atoms with van der Waals surface area (Å²) in [7, 11) is 0. The minimum Gasteiger partial charge on any atom is -0.462 e. The molecule has 0 radical (unpaired) electrons. The molecule has 0 saturated heterocycles. The van der Waals surface area contributed by atoms with E-state index in [1.54, 1.807) is 0 Å². The van der Waals surface area contributed by atoms with E-state index in [0.717, 1.165) is 57.8 Å². The zero-order valence-corrected chi connectivity index (χ0v) is 42.2. The van der Waals surface area contributed by atoms with Crippen LogP contribution >= 0.6 is 0 Å². The van der Waals surface area contributed by atoms with Gasteiger partial charge < -0.3 is 14.2 Å². The molecule has 0 aliphatic rings. The Labute approximate surface area is 387 Å². The molecule has 0 spiro atoms. The van der Waals surface area contributed by atoms with Crippen LogP contribution in [0.5, 0.6) is 0 Å². The number of hydrogen-bond acceptors (Lipinski definition) is 6. The maximum atomic E-state index is 12.8. The summed E-state index contributed by atoms with van der Waals surface area (Å²) in [4.78, 5) is 38.0. The van der Waals surface area contributed by atoms with Crippen LogP contribution < -0.4 is 0 Å². The normalized spacial score (nSPS) is 11.9. The highest BCUT2D eigenvalue weighted by Gasteiger charge is 2.19. The maximum Gasteiger partial charge on any atom is 0.306 e. The minimum absolute atomic E-state index is 0.0614. The second kappa shape index (κ2) is 52.0. The number of unbranched alkanes of at least 4 members (excludes halogenated alkanes) is 41. The smallest absolute Gasteiger partial charge is 0.306 e. The molecule has 0 amide bonds. The molecule has 6 heteroatoms. The van der Waals surface area contributed by atoms with Crippen LogP contribution in [0.25, 0.3) is 0 Å². The van der Waals surface area contributed by atoms with Gasteiger partial charge in [-0.25, -0.2) is 0 Å². The molecular formula is C56H108O6. The summed E-state index contributed by atoms with van der Waals surface area (Å²) in [5.41, 5.74) is 0. The van der Waals surface area contributed by atoms with Crippen molar-refractivity contribution in [1.82, 2.24) is 0 Å². The van der Waals surface area contributed by atoms with Crippen molar-refractivity contribution in [3.8, 4) is 0 Å². The third kappa shape index (κ3) is 49.4. The summed E-state index contributed by atoms with van der Waals surface area (Å²) in [6.07, 6.45) is 56.6. The number of rotatable bonds is 52. The molecule has 0 aliphatic heterocycles. The molecule has 0 aromatic carbocycles. The SMILES string of the molecule is CCCCCCCCCCCCCCCCCCCCC(=O)O[C@@H](COC(=O)CCCCCCCCCCCC)COC(=O)CCCCCCCCCCCCCCCCCC.